The van der Waals surface area contributed by atoms with E-state index in [1.807, 2.05) is 11.9 Å². The van der Waals surface area contributed by atoms with E-state index in [2.05, 4.69) is 6.07 Å². The lowest BCUT2D eigenvalue weighted by Gasteiger charge is -2.35. The molecule has 1 amide bonds. The van der Waals surface area contributed by atoms with Crippen LogP contribution in [0.1, 0.15) is 64.2 Å². The first-order chi connectivity index (χ1) is 9.18. The fraction of sp³-hybridized carbons (Fsp3) is 0.875. The highest BCUT2D eigenvalue weighted by molar-refractivity contribution is 5.85. The van der Waals surface area contributed by atoms with Gasteiger partial charge < -0.3 is 4.90 Å². The second-order valence-electron chi connectivity index (χ2n) is 6.44. The second-order valence-corrected chi connectivity index (χ2v) is 6.44. The van der Waals surface area contributed by atoms with Gasteiger partial charge in [-0.1, -0.05) is 38.5 Å². The maximum absolute atomic E-state index is 12.6. The molecule has 0 aromatic rings. The normalized spacial score (nSPS) is 23.6. The number of nitriles is 1. The van der Waals surface area contributed by atoms with E-state index in [-0.39, 0.29) is 5.91 Å². The summed E-state index contributed by atoms with van der Waals surface area (Å²) in [6.45, 7) is 0.849. The van der Waals surface area contributed by atoms with Gasteiger partial charge in [-0.05, 0) is 31.6 Å². The number of carbonyl (C=O) groups excluding carboxylic acids is 1. The molecule has 0 atom stereocenters. The van der Waals surface area contributed by atoms with Gasteiger partial charge in [-0.3, -0.25) is 4.79 Å². The predicted octanol–water partition coefficient (Wildman–Crippen LogP) is 3.50. The average Bonchev–Trinajstić information content (AvgIpc) is 2.48. The van der Waals surface area contributed by atoms with Crippen molar-refractivity contribution in [3.63, 3.8) is 0 Å². The van der Waals surface area contributed by atoms with E-state index in [4.69, 9.17) is 0 Å². The highest BCUT2D eigenvalue weighted by Gasteiger charge is 2.41. The molecule has 2 rings (SSSR count). The van der Waals surface area contributed by atoms with E-state index >= 15 is 0 Å². The van der Waals surface area contributed by atoms with Crippen molar-refractivity contribution >= 4 is 5.91 Å². The third-order valence-electron chi connectivity index (χ3n) is 4.93. The quantitative estimate of drug-likeness (QED) is 0.781. The summed E-state index contributed by atoms with van der Waals surface area (Å²) in [6.07, 6.45) is 11.2. The molecule has 0 radical (unpaired) electrons. The minimum absolute atomic E-state index is 0.0836. The van der Waals surface area contributed by atoms with E-state index in [1.54, 1.807) is 0 Å². The first kappa shape index (κ1) is 14.4. The minimum atomic E-state index is -0.707. The molecule has 2 aliphatic carbocycles. The Labute approximate surface area is 117 Å². The molecule has 0 unspecified atom stereocenters. The van der Waals surface area contributed by atoms with Crippen molar-refractivity contribution in [2.75, 3.05) is 13.6 Å². The smallest absolute Gasteiger partial charge is 0.242 e. The summed E-state index contributed by atoms with van der Waals surface area (Å²) in [6, 6.07) is 2.34. The third kappa shape index (κ3) is 3.29. The van der Waals surface area contributed by atoms with Gasteiger partial charge in [-0.25, -0.2) is 0 Å². The van der Waals surface area contributed by atoms with E-state index < -0.39 is 5.41 Å². The van der Waals surface area contributed by atoms with Gasteiger partial charge in [0, 0.05) is 13.6 Å². The summed E-state index contributed by atoms with van der Waals surface area (Å²) >= 11 is 0. The molecular formula is C16H26N2O. The second kappa shape index (κ2) is 6.41. The van der Waals surface area contributed by atoms with Gasteiger partial charge in [0.25, 0.3) is 0 Å². The Morgan fingerprint density at radius 2 is 1.74 bits per heavy atom. The van der Waals surface area contributed by atoms with Gasteiger partial charge in [-0.2, -0.15) is 5.26 Å². The van der Waals surface area contributed by atoms with Crippen LogP contribution in [0.5, 0.6) is 0 Å². The highest BCUT2D eigenvalue weighted by atomic mass is 16.2. The SMILES string of the molecule is CN(CC1CCCCC1)C(=O)C1(C#N)CCCCC1. The summed E-state index contributed by atoms with van der Waals surface area (Å²) < 4.78 is 0. The Bertz CT molecular complexity index is 346. The molecule has 0 heterocycles. The Morgan fingerprint density at radius 3 is 2.32 bits per heavy atom. The van der Waals surface area contributed by atoms with Crippen LogP contribution in [0, 0.1) is 22.7 Å². The minimum Gasteiger partial charge on any atom is -0.344 e. The number of nitrogens with zero attached hydrogens (tertiary/aromatic N) is 2. The zero-order valence-electron chi connectivity index (χ0n) is 12.2. The number of amides is 1. The van der Waals surface area contributed by atoms with Crippen molar-refractivity contribution < 1.29 is 4.79 Å². The molecule has 0 N–H and O–H groups in total. The highest BCUT2D eigenvalue weighted by Crippen LogP contribution is 2.37. The number of hydrogen-bond donors (Lipinski definition) is 0. The van der Waals surface area contributed by atoms with Crippen molar-refractivity contribution in [2.45, 2.75) is 64.2 Å². The fourth-order valence-electron chi connectivity index (χ4n) is 3.73. The Morgan fingerprint density at radius 1 is 1.16 bits per heavy atom. The molecule has 19 heavy (non-hydrogen) atoms. The van der Waals surface area contributed by atoms with Gasteiger partial charge in [0.2, 0.25) is 5.91 Å². The molecule has 0 aromatic carbocycles. The summed E-state index contributed by atoms with van der Waals surface area (Å²) in [7, 11) is 1.89. The molecule has 3 heteroatoms. The number of rotatable bonds is 3. The van der Waals surface area contributed by atoms with E-state index in [0.717, 1.165) is 32.2 Å². The van der Waals surface area contributed by atoms with Gasteiger partial charge in [0.05, 0.1) is 6.07 Å². The Balaban J connectivity index is 1.95. The standard InChI is InChI=1S/C16H26N2O/c1-18(12-14-8-4-2-5-9-14)15(19)16(13-17)10-6-3-7-11-16/h14H,2-12H2,1H3. The zero-order chi connectivity index (χ0) is 13.7. The van der Waals surface area contributed by atoms with E-state index in [0.29, 0.717) is 5.92 Å². The van der Waals surface area contributed by atoms with Crippen LogP contribution in [0.3, 0.4) is 0 Å². The topological polar surface area (TPSA) is 44.1 Å². The lowest BCUT2D eigenvalue weighted by molar-refractivity contribution is -0.140. The summed E-state index contributed by atoms with van der Waals surface area (Å²) in [5, 5.41) is 9.47. The van der Waals surface area contributed by atoms with Crippen LogP contribution < -0.4 is 0 Å². The largest absolute Gasteiger partial charge is 0.344 e. The van der Waals surface area contributed by atoms with Crippen LogP contribution in [0.25, 0.3) is 0 Å². The molecule has 0 bridgehead atoms. The van der Waals surface area contributed by atoms with Crippen LogP contribution >= 0.6 is 0 Å². The molecule has 2 aliphatic rings. The van der Waals surface area contributed by atoms with Crippen molar-refractivity contribution in [3.05, 3.63) is 0 Å². The lowest BCUT2D eigenvalue weighted by Crippen LogP contribution is -2.44. The third-order valence-corrected chi connectivity index (χ3v) is 4.93. The van der Waals surface area contributed by atoms with Crippen LogP contribution in [0.2, 0.25) is 0 Å². The summed E-state index contributed by atoms with van der Waals surface area (Å²) in [5.74, 6) is 0.738. The molecule has 0 aliphatic heterocycles. The van der Waals surface area contributed by atoms with Gasteiger partial charge >= 0.3 is 0 Å². The summed E-state index contributed by atoms with van der Waals surface area (Å²) in [5.41, 5.74) is -0.707. The zero-order valence-corrected chi connectivity index (χ0v) is 12.2. The first-order valence-electron chi connectivity index (χ1n) is 7.85. The predicted molar refractivity (Wildman–Crippen MR) is 75.3 cm³/mol. The molecule has 0 saturated heterocycles. The number of hydrogen-bond acceptors (Lipinski definition) is 2. The van der Waals surface area contributed by atoms with Crippen LogP contribution in [0.4, 0.5) is 0 Å². The first-order valence-corrected chi connectivity index (χ1v) is 7.85. The van der Waals surface area contributed by atoms with Gasteiger partial charge in [-0.15, -0.1) is 0 Å². The molecule has 2 saturated carbocycles. The molecule has 106 valence electrons. The summed E-state index contributed by atoms with van der Waals surface area (Å²) in [4.78, 5) is 14.5. The van der Waals surface area contributed by atoms with Crippen molar-refractivity contribution in [1.29, 1.82) is 5.26 Å². The lowest BCUT2D eigenvalue weighted by atomic mass is 9.74. The average molecular weight is 262 g/mol. The Hall–Kier alpha value is -1.04. The van der Waals surface area contributed by atoms with E-state index in [9.17, 15) is 10.1 Å². The van der Waals surface area contributed by atoms with Crippen LogP contribution in [-0.2, 0) is 4.79 Å². The molecule has 2 fully saturated rings. The van der Waals surface area contributed by atoms with Crippen molar-refractivity contribution in [1.82, 2.24) is 4.90 Å². The molecule has 3 nitrogen and oxygen atoms in total. The van der Waals surface area contributed by atoms with Crippen LogP contribution in [-0.4, -0.2) is 24.4 Å². The van der Waals surface area contributed by atoms with Crippen LogP contribution in [0.15, 0.2) is 0 Å². The van der Waals surface area contributed by atoms with Gasteiger partial charge in [0.1, 0.15) is 5.41 Å². The maximum atomic E-state index is 12.6. The molecular weight excluding hydrogens is 236 g/mol. The van der Waals surface area contributed by atoms with Crippen molar-refractivity contribution in [3.8, 4) is 6.07 Å². The Kier molecular flexibility index (Phi) is 4.85. The van der Waals surface area contributed by atoms with Crippen molar-refractivity contribution in [2.24, 2.45) is 11.3 Å². The number of carbonyl (C=O) groups is 1. The fourth-order valence-corrected chi connectivity index (χ4v) is 3.73. The molecule has 0 aromatic heterocycles. The maximum Gasteiger partial charge on any atom is 0.242 e. The molecule has 0 spiro atoms. The van der Waals surface area contributed by atoms with E-state index in [1.165, 1.54) is 38.5 Å². The monoisotopic (exact) mass is 262 g/mol. The van der Waals surface area contributed by atoms with Gasteiger partial charge in [0.15, 0.2) is 0 Å².